The minimum Gasteiger partial charge on any atom is -0.431 e. The molecule has 108 valence electrons. The van der Waals surface area contributed by atoms with Crippen LogP contribution in [0.2, 0.25) is 5.02 Å². The van der Waals surface area contributed by atoms with Crippen LogP contribution in [0.5, 0.6) is 11.6 Å². The van der Waals surface area contributed by atoms with E-state index in [2.05, 4.69) is 4.98 Å². The normalized spacial score (nSPS) is 10.2. The van der Waals surface area contributed by atoms with Crippen molar-refractivity contribution in [1.82, 2.24) is 4.98 Å². The first kappa shape index (κ1) is 14.7. The van der Waals surface area contributed by atoms with Crippen LogP contribution in [0.15, 0.2) is 30.3 Å². The molecule has 0 radical (unpaired) electrons. The van der Waals surface area contributed by atoms with Gasteiger partial charge in [0, 0.05) is 16.8 Å². The van der Waals surface area contributed by atoms with E-state index < -0.39 is 4.92 Å². The largest absolute Gasteiger partial charge is 0.431 e. The fourth-order valence-electron chi connectivity index (χ4n) is 1.64. The Hall–Kier alpha value is -2.67. The van der Waals surface area contributed by atoms with E-state index in [1.165, 1.54) is 18.2 Å². The van der Waals surface area contributed by atoms with Crippen LogP contribution in [0, 0.1) is 22.4 Å². The van der Waals surface area contributed by atoms with Crippen molar-refractivity contribution < 1.29 is 9.66 Å². The fraction of sp³-hybridized carbons (Fsp3) is 0.0769. The quantitative estimate of drug-likeness (QED) is 0.390. The molecule has 1 aromatic heterocycles. The summed E-state index contributed by atoms with van der Waals surface area (Å²) in [5.74, 6) is -0.230. The van der Waals surface area contributed by atoms with Gasteiger partial charge in [0.2, 0.25) is 11.6 Å². The number of nitrogen functional groups attached to an aromatic ring is 1. The minimum absolute atomic E-state index is 0.0231. The highest BCUT2D eigenvalue weighted by Crippen LogP contribution is 2.34. The van der Waals surface area contributed by atoms with Gasteiger partial charge in [0.25, 0.3) is 0 Å². The first-order valence-corrected chi connectivity index (χ1v) is 6.20. The molecular weight excluding hydrogens is 296 g/mol. The molecule has 0 unspecified atom stereocenters. The fourth-order valence-corrected chi connectivity index (χ4v) is 1.81. The summed E-state index contributed by atoms with van der Waals surface area (Å²) in [5.41, 5.74) is 6.04. The number of benzene rings is 1. The summed E-state index contributed by atoms with van der Waals surface area (Å²) in [6.07, 6.45) is 0. The lowest BCUT2D eigenvalue weighted by Gasteiger charge is -2.10. The average molecular weight is 307 g/mol. The molecule has 0 atom stereocenters. The van der Waals surface area contributed by atoms with Crippen molar-refractivity contribution in [3.63, 3.8) is 0 Å². The zero-order valence-corrected chi connectivity index (χ0v) is 11.7. The monoisotopic (exact) mass is 306 g/mol. The molecule has 2 aromatic rings. The van der Waals surface area contributed by atoms with Gasteiger partial charge in [-0.15, -0.1) is 0 Å². The Morgan fingerprint density at radius 2 is 2.14 bits per heavy atom. The van der Waals surface area contributed by atoms with E-state index >= 15 is 0 Å². The molecule has 3 N–H and O–H groups in total. The van der Waals surface area contributed by atoms with Crippen molar-refractivity contribution in [2.24, 2.45) is 5.73 Å². The summed E-state index contributed by atoms with van der Waals surface area (Å²) in [7, 11) is 0. The SMILES string of the molecule is Cc1ccc(C(=N)N)c(Oc2ccc(Cl)cc2[N+](=O)[O-])n1. The number of aryl methyl sites for hydroxylation is 1. The van der Waals surface area contributed by atoms with E-state index in [9.17, 15) is 10.1 Å². The molecule has 0 saturated heterocycles. The van der Waals surface area contributed by atoms with Crippen LogP contribution in [0.25, 0.3) is 0 Å². The number of halogens is 1. The number of hydrogen-bond donors (Lipinski definition) is 2. The predicted molar refractivity (Wildman–Crippen MR) is 78.2 cm³/mol. The van der Waals surface area contributed by atoms with Crippen LogP contribution in [0.3, 0.4) is 0 Å². The molecule has 0 aliphatic carbocycles. The summed E-state index contributed by atoms with van der Waals surface area (Å²) < 4.78 is 5.47. The Balaban J connectivity index is 2.50. The van der Waals surface area contributed by atoms with Crippen LogP contribution < -0.4 is 10.5 Å². The summed E-state index contributed by atoms with van der Waals surface area (Å²) in [5, 5.41) is 18.7. The van der Waals surface area contributed by atoms with Crippen molar-refractivity contribution in [2.45, 2.75) is 6.92 Å². The Bertz CT molecular complexity index is 733. The van der Waals surface area contributed by atoms with Crippen molar-refractivity contribution in [2.75, 3.05) is 0 Å². The summed E-state index contributed by atoms with van der Waals surface area (Å²) >= 11 is 5.74. The van der Waals surface area contributed by atoms with Crippen LogP contribution >= 0.6 is 11.6 Å². The van der Waals surface area contributed by atoms with Crippen molar-refractivity contribution in [3.05, 3.63) is 56.7 Å². The standard InChI is InChI=1S/C13H11ClN4O3/c1-7-2-4-9(12(15)16)13(17-7)21-11-5-3-8(14)6-10(11)18(19)20/h2-6H,1H3,(H3,15,16). The van der Waals surface area contributed by atoms with Crippen molar-refractivity contribution in [1.29, 1.82) is 5.41 Å². The van der Waals surface area contributed by atoms with E-state index in [4.69, 9.17) is 27.5 Å². The second-order valence-corrected chi connectivity index (χ2v) is 4.63. The minimum atomic E-state index is -0.607. The summed E-state index contributed by atoms with van der Waals surface area (Å²) in [4.78, 5) is 14.5. The van der Waals surface area contributed by atoms with Gasteiger partial charge < -0.3 is 10.5 Å². The maximum Gasteiger partial charge on any atom is 0.313 e. The van der Waals surface area contributed by atoms with Crippen LogP contribution in [0.1, 0.15) is 11.3 Å². The molecule has 2 rings (SSSR count). The van der Waals surface area contributed by atoms with E-state index in [0.29, 0.717) is 5.69 Å². The van der Waals surface area contributed by atoms with Gasteiger partial charge in [0.05, 0.1) is 10.5 Å². The molecule has 0 bridgehead atoms. The van der Waals surface area contributed by atoms with Gasteiger partial charge in [-0.3, -0.25) is 15.5 Å². The van der Waals surface area contributed by atoms with Crippen molar-refractivity contribution in [3.8, 4) is 11.6 Å². The molecule has 0 amide bonds. The number of nitrogens with zero attached hydrogens (tertiary/aromatic N) is 2. The molecule has 21 heavy (non-hydrogen) atoms. The third kappa shape index (κ3) is 3.26. The zero-order valence-electron chi connectivity index (χ0n) is 11.0. The maximum absolute atomic E-state index is 11.0. The van der Waals surface area contributed by atoms with E-state index in [0.717, 1.165) is 0 Å². The number of nitrogens with one attached hydrogen (secondary N) is 1. The molecular formula is C13H11ClN4O3. The Kier molecular flexibility index (Phi) is 4.04. The first-order chi connectivity index (χ1) is 9.88. The van der Waals surface area contributed by atoms with E-state index in [-0.39, 0.29) is 33.7 Å². The molecule has 0 aliphatic heterocycles. The number of aromatic nitrogens is 1. The third-order valence-corrected chi connectivity index (χ3v) is 2.85. The smallest absolute Gasteiger partial charge is 0.313 e. The van der Waals surface area contributed by atoms with Gasteiger partial charge in [0.1, 0.15) is 5.84 Å². The maximum atomic E-state index is 11.0. The lowest BCUT2D eigenvalue weighted by Crippen LogP contribution is -2.13. The lowest BCUT2D eigenvalue weighted by molar-refractivity contribution is -0.385. The highest BCUT2D eigenvalue weighted by Gasteiger charge is 2.19. The van der Waals surface area contributed by atoms with E-state index in [1.54, 1.807) is 19.1 Å². The highest BCUT2D eigenvalue weighted by atomic mass is 35.5. The number of pyridine rings is 1. The van der Waals surface area contributed by atoms with Gasteiger partial charge in [0.15, 0.2) is 0 Å². The number of ether oxygens (including phenoxy) is 1. The van der Waals surface area contributed by atoms with Gasteiger partial charge >= 0.3 is 5.69 Å². The van der Waals surface area contributed by atoms with Crippen LogP contribution in [-0.4, -0.2) is 15.7 Å². The average Bonchev–Trinajstić information content (AvgIpc) is 2.40. The molecule has 0 spiro atoms. The van der Waals surface area contributed by atoms with Gasteiger partial charge in [-0.25, -0.2) is 4.98 Å². The van der Waals surface area contributed by atoms with E-state index in [1.807, 2.05) is 0 Å². The number of nitro benzene ring substituents is 1. The molecule has 0 fully saturated rings. The van der Waals surface area contributed by atoms with Gasteiger partial charge in [-0.05, 0) is 31.2 Å². The Morgan fingerprint density at radius 3 is 2.76 bits per heavy atom. The number of nitrogens with two attached hydrogens (primary N) is 1. The molecule has 0 aliphatic rings. The molecule has 0 saturated carbocycles. The van der Waals surface area contributed by atoms with Crippen LogP contribution in [0.4, 0.5) is 5.69 Å². The summed E-state index contributed by atoms with van der Waals surface area (Å²) in [6.45, 7) is 1.73. The Labute approximate surface area is 125 Å². The van der Waals surface area contributed by atoms with Gasteiger partial charge in [-0.2, -0.15) is 0 Å². The number of hydrogen-bond acceptors (Lipinski definition) is 5. The topological polar surface area (TPSA) is 115 Å². The highest BCUT2D eigenvalue weighted by molar-refractivity contribution is 6.30. The van der Waals surface area contributed by atoms with Crippen molar-refractivity contribution >= 4 is 23.1 Å². The Morgan fingerprint density at radius 1 is 1.43 bits per heavy atom. The predicted octanol–water partition coefficient (Wildman–Crippen LogP) is 3.03. The second kappa shape index (κ2) is 5.76. The third-order valence-electron chi connectivity index (χ3n) is 2.61. The number of rotatable bonds is 4. The van der Waals surface area contributed by atoms with Crippen LogP contribution in [-0.2, 0) is 0 Å². The molecule has 1 heterocycles. The zero-order chi connectivity index (χ0) is 15.6. The summed E-state index contributed by atoms with van der Waals surface area (Å²) in [6, 6.07) is 7.25. The molecule has 1 aromatic carbocycles. The first-order valence-electron chi connectivity index (χ1n) is 5.82. The second-order valence-electron chi connectivity index (χ2n) is 4.19. The number of nitro groups is 1. The molecule has 7 nitrogen and oxygen atoms in total. The number of amidine groups is 1. The van der Waals surface area contributed by atoms with Gasteiger partial charge in [-0.1, -0.05) is 11.6 Å². The lowest BCUT2D eigenvalue weighted by atomic mass is 10.2. The molecule has 8 heteroatoms.